The molecule has 1 atom stereocenters. The zero-order valence-corrected chi connectivity index (χ0v) is 28.2. The monoisotopic (exact) mass is 604 g/mol. The minimum absolute atomic E-state index is 0.122. The molecule has 0 radical (unpaired) electrons. The van der Waals surface area contributed by atoms with Crippen molar-refractivity contribution in [1.82, 2.24) is 0 Å². The maximum Gasteiger partial charge on any atom is 0.198 e. The van der Waals surface area contributed by atoms with Crippen LogP contribution in [0.5, 0.6) is 11.5 Å². The molecule has 4 heteroatoms. The Hall–Kier alpha value is -2.62. The Morgan fingerprint density at radius 2 is 1.07 bits per heavy atom. The lowest BCUT2D eigenvalue weighted by Gasteiger charge is -2.23. The second-order valence-electron chi connectivity index (χ2n) is 12.9. The smallest absolute Gasteiger partial charge is 0.198 e. The highest BCUT2D eigenvalue weighted by Crippen LogP contribution is 2.40. The molecule has 0 saturated heterocycles. The van der Waals surface area contributed by atoms with Crippen LogP contribution in [0, 0.1) is 5.92 Å². The molecule has 1 aliphatic carbocycles. The first-order valence-electron chi connectivity index (χ1n) is 18.2. The molecule has 44 heavy (non-hydrogen) atoms. The van der Waals surface area contributed by atoms with Crippen molar-refractivity contribution in [2.75, 3.05) is 13.2 Å². The van der Waals surface area contributed by atoms with E-state index >= 15 is 0 Å². The number of carbonyl (C=O) groups is 2. The normalized spacial score (nSPS) is 13.1. The van der Waals surface area contributed by atoms with E-state index in [0.717, 1.165) is 25.7 Å². The first-order valence-corrected chi connectivity index (χ1v) is 18.2. The van der Waals surface area contributed by atoms with E-state index in [4.69, 9.17) is 9.47 Å². The van der Waals surface area contributed by atoms with Crippen LogP contribution in [-0.2, 0) is 0 Å². The molecule has 0 saturated carbocycles. The van der Waals surface area contributed by atoms with Crippen molar-refractivity contribution in [2.45, 2.75) is 149 Å². The lowest BCUT2D eigenvalue weighted by Crippen LogP contribution is -2.22. The largest absolute Gasteiger partial charge is 0.489 e. The van der Waals surface area contributed by atoms with Gasteiger partial charge in [0.05, 0.1) is 18.8 Å². The fourth-order valence-electron chi connectivity index (χ4n) is 6.32. The fourth-order valence-corrected chi connectivity index (χ4v) is 6.32. The van der Waals surface area contributed by atoms with E-state index in [2.05, 4.69) is 20.8 Å². The standard InChI is InChI=1S/C40H60O4/c1-4-7-9-10-11-12-13-14-15-16-17-18-19-20-21-24-30-43-40-36(44-31-32(6-3)25-8-5-2)29-28-35-37(40)39(42)34-27-23-22-26-33(34)38(35)41/h22-23,26-29,32H,4-21,24-25,30-31H2,1-3H3. The molecule has 244 valence electrons. The Labute approximate surface area is 268 Å². The van der Waals surface area contributed by atoms with Crippen molar-refractivity contribution in [1.29, 1.82) is 0 Å². The van der Waals surface area contributed by atoms with E-state index < -0.39 is 0 Å². The molecule has 0 aromatic heterocycles. The minimum Gasteiger partial charge on any atom is -0.489 e. The molecule has 0 bridgehead atoms. The zero-order valence-electron chi connectivity index (χ0n) is 28.2. The van der Waals surface area contributed by atoms with Crippen molar-refractivity contribution in [2.24, 2.45) is 5.92 Å². The van der Waals surface area contributed by atoms with Gasteiger partial charge in [0.1, 0.15) is 0 Å². The molecule has 0 N–H and O–H groups in total. The molecule has 0 aliphatic heterocycles. The third-order valence-electron chi connectivity index (χ3n) is 9.27. The SMILES string of the molecule is CCCCCCCCCCCCCCCCCCOc1c(OCC(CC)CCCC)ccc2c1C(=O)c1ccccc1C2=O. The zero-order chi connectivity index (χ0) is 31.4. The Bertz CT molecular complexity index is 1120. The van der Waals surface area contributed by atoms with Crippen LogP contribution in [0.3, 0.4) is 0 Å². The lowest BCUT2D eigenvalue weighted by molar-refractivity contribution is 0.0974. The summed E-state index contributed by atoms with van der Waals surface area (Å²) in [4.78, 5) is 27.0. The van der Waals surface area contributed by atoms with Crippen LogP contribution in [-0.4, -0.2) is 24.8 Å². The predicted molar refractivity (Wildman–Crippen MR) is 184 cm³/mol. The second-order valence-corrected chi connectivity index (χ2v) is 12.9. The third-order valence-corrected chi connectivity index (χ3v) is 9.27. The van der Waals surface area contributed by atoms with E-state index in [9.17, 15) is 9.59 Å². The number of hydrogen-bond acceptors (Lipinski definition) is 4. The summed E-state index contributed by atoms with van der Waals surface area (Å²) in [5.41, 5.74) is 1.70. The van der Waals surface area contributed by atoms with Crippen LogP contribution in [0.2, 0.25) is 0 Å². The summed E-state index contributed by atoms with van der Waals surface area (Å²) in [6.07, 6.45) is 25.7. The van der Waals surface area contributed by atoms with Crippen molar-refractivity contribution >= 4 is 11.6 Å². The molecule has 1 aliphatic rings. The van der Waals surface area contributed by atoms with Crippen LogP contribution in [0.4, 0.5) is 0 Å². The van der Waals surface area contributed by atoms with Gasteiger partial charge >= 0.3 is 0 Å². The summed E-state index contributed by atoms with van der Waals surface area (Å²) in [5, 5.41) is 0. The molecule has 0 spiro atoms. The Kier molecular flexibility index (Phi) is 17.3. The maximum atomic E-state index is 13.7. The average Bonchev–Trinajstić information content (AvgIpc) is 3.05. The third kappa shape index (κ3) is 11.4. The molecular formula is C40H60O4. The highest BCUT2D eigenvalue weighted by Gasteiger charge is 2.34. The number of carbonyl (C=O) groups excluding carboxylic acids is 2. The lowest BCUT2D eigenvalue weighted by atomic mass is 9.83. The molecule has 3 rings (SSSR count). The van der Waals surface area contributed by atoms with E-state index in [1.807, 2.05) is 18.2 Å². The van der Waals surface area contributed by atoms with Crippen molar-refractivity contribution in [3.05, 3.63) is 58.7 Å². The van der Waals surface area contributed by atoms with Gasteiger partial charge in [0.25, 0.3) is 0 Å². The number of fused-ring (bicyclic) bond motifs is 2. The van der Waals surface area contributed by atoms with Crippen molar-refractivity contribution < 1.29 is 19.1 Å². The van der Waals surface area contributed by atoms with Gasteiger partial charge in [-0.15, -0.1) is 0 Å². The number of rotatable bonds is 25. The van der Waals surface area contributed by atoms with E-state index in [1.165, 1.54) is 103 Å². The van der Waals surface area contributed by atoms with Gasteiger partial charge in [0.2, 0.25) is 0 Å². The summed E-state index contributed by atoms with van der Waals surface area (Å²) in [6, 6.07) is 10.7. The topological polar surface area (TPSA) is 52.6 Å². The predicted octanol–water partition coefficient (Wildman–Crippen LogP) is 11.7. The van der Waals surface area contributed by atoms with E-state index in [1.54, 1.807) is 18.2 Å². The van der Waals surface area contributed by atoms with Gasteiger partial charge in [-0.25, -0.2) is 0 Å². The van der Waals surface area contributed by atoms with Crippen LogP contribution < -0.4 is 9.47 Å². The van der Waals surface area contributed by atoms with Crippen LogP contribution in [0.15, 0.2) is 36.4 Å². The van der Waals surface area contributed by atoms with Crippen molar-refractivity contribution in [3.8, 4) is 11.5 Å². The van der Waals surface area contributed by atoms with Gasteiger partial charge in [0, 0.05) is 16.7 Å². The first-order chi connectivity index (χ1) is 21.6. The quantitative estimate of drug-likeness (QED) is 0.0903. The van der Waals surface area contributed by atoms with Gasteiger partial charge in [0.15, 0.2) is 23.1 Å². The molecule has 2 aromatic carbocycles. The molecule has 2 aromatic rings. The number of ketones is 2. The summed E-state index contributed by atoms with van der Waals surface area (Å²) in [5.74, 6) is 1.21. The Morgan fingerprint density at radius 3 is 1.61 bits per heavy atom. The van der Waals surface area contributed by atoms with E-state index in [0.29, 0.717) is 52.9 Å². The molecule has 0 fully saturated rings. The number of benzene rings is 2. The van der Waals surface area contributed by atoms with E-state index in [-0.39, 0.29) is 11.6 Å². The molecule has 0 heterocycles. The van der Waals surface area contributed by atoms with Crippen molar-refractivity contribution in [3.63, 3.8) is 0 Å². The molecule has 4 nitrogen and oxygen atoms in total. The fraction of sp³-hybridized carbons (Fsp3) is 0.650. The first kappa shape index (κ1) is 35.9. The van der Waals surface area contributed by atoms with Crippen LogP contribution in [0.25, 0.3) is 0 Å². The molecule has 1 unspecified atom stereocenters. The van der Waals surface area contributed by atoms with Gasteiger partial charge in [-0.2, -0.15) is 0 Å². The second kappa shape index (κ2) is 21.2. The summed E-state index contributed by atoms with van der Waals surface area (Å²) in [6.45, 7) is 7.79. The van der Waals surface area contributed by atoms with Gasteiger partial charge < -0.3 is 9.47 Å². The van der Waals surface area contributed by atoms with Gasteiger partial charge in [-0.3, -0.25) is 9.59 Å². The minimum atomic E-state index is -0.152. The highest BCUT2D eigenvalue weighted by atomic mass is 16.5. The molecule has 0 amide bonds. The van der Waals surface area contributed by atoms with Crippen LogP contribution in [0.1, 0.15) is 181 Å². The maximum absolute atomic E-state index is 13.7. The summed E-state index contributed by atoms with van der Waals surface area (Å²) in [7, 11) is 0. The summed E-state index contributed by atoms with van der Waals surface area (Å²) < 4.78 is 12.7. The van der Waals surface area contributed by atoms with Gasteiger partial charge in [-0.05, 0) is 30.9 Å². The number of unbranched alkanes of at least 4 members (excludes halogenated alkanes) is 16. The Balaban J connectivity index is 1.45. The number of ether oxygens (including phenoxy) is 2. The van der Waals surface area contributed by atoms with Crippen LogP contribution >= 0.6 is 0 Å². The highest BCUT2D eigenvalue weighted by molar-refractivity contribution is 6.29. The number of hydrogen-bond donors (Lipinski definition) is 0. The molecular weight excluding hydrogens is 544 g/mol. The Morgan fingerprint density at radius 1 is 0.545 bits per heavy atom. The summed E-state index contributed by atoms with van der Waals surface area (Å²) >= 11 is 0. The van der Waals surface area contributed by atoms with Gasteiger partial charge in [-0.1, -0.05) is 161 Å². The average molecular weight is 605 g/mol.